The summed E-state index contributed by atoms with van der Waals surface area (Å²) in [6.07, 6.45) is 1.62. The zero-order chi connectivity index (χ0) is 16.3. The van der Waals surface area contributed by atoms with E-state index in [9.17, 15) is 4.79 Å². The zero-order valence-electron chi connectivity index (χ0n) is 12.6. The maximum absolute atomic E-state index is 11.4. The highest BCUT2D eigenvalue weighted by Gasteiger charge is 2.09. The molecule has 1 amide bonds. The third kappa shape index (κ3) is 3.89. The molecule has 0 unspecified atom stereocenters. The Labute approximate surface area is 134 Å². The molecule has 4 N–H and O–H groups in total. The molecule has 0 radical (unpaired) electrons. The van der Waals surface area contributed by atoms with E-state index in [2.05, 4.69) is 19.2 Å². The number of anilines is 1. The average molecular weight is 319 g/mol. The van der Waals surface area contributed by atoms with Gasteiger partial charge >= 0.3 is 0 Å². The van der Waals surface area contributed by atoms with Crippen LogP contribution in [0.25, 0.3) is 0 Å². The summed E-state index contributed by atoms with van der Waals surface area (Å²) < 4.78 is 1.61. The molecule has 0 spiro atoms. The maximum atomic E-state index is 11.4. The molecule has 0 saturated carbocycles. The van der Waals surface area contributed by atoms with Crippen molar-refractivity contribution in [3.05, 3.63) is 58.2 Å². The highest BCUT2D eigenvalue weighted by molar-refractivity contribution is 6.30. The van der Waals surface area contributed by atoms with E-state index in [0.717, 1.165) is 11.3 Å². The molecule has 0 saturated heterocycles. The lowest BCUT2D eigenvalue weighted by molar-refractivity contribution is 0.0998. The van der Waals surface area contributed by atoms with Crippen molar-refractivity contribution in [3.8, 4) is 0 Å². The van der Waals surface area contributed by atoms with Gasteiger partial charge in [-0.1, -0.05) is 23.7 Å². The van der Waals surface area contributed by atoms with Crippen LogP contribution in [0.4, 0.5) is 5.69 Å². The lowest BCUT2D eigenvalue weighted by atomic mass is 10.1. The number of nitrogens with two attached hydrogens (primary N) is 1. The fourth-order valence-electron chi connectivity index (χ4n) is 2.21. The molecule has 1 aromatic carbocycles. The first-order valence-electron chi connectivity index (χ1n) is 6.96. The lowest BCUT2D eigenvalue weighted by Crippen LogP contribution is -2.29. The van der Waals surface area contributed by atoms with Crippen LogP contribution in [-0.4, -0.2) is 16.5 Å². The second kappa shape index (κ2) is 6.66. The van der Waals surface area contributed by atoms with Gasteiger partial charge in [0.1, 0.15) is 5.49 Å². The van der Waals surface area contributed by atoms with E-state index in [-0.39, 0.29) is 11.1 Å². The predicted molar refractivity (Wildman–Crippen MR) is 88.1 cm³/mol. The highest BCUT2D eigenvalue weighted by Crippen LogP contribution is 2.14. The monoisotopic (exact) mass is 318 g/mol. The number of hydrogen-bond donors (Lipinski definition) is 3. The molecule has 0 atom stereocenters. The van der Waals surface area contributed by atoms with Crippen LogP contribution in [0.3, 0.4) is 0 Å². The van der Waals surface area contributed by atoms with Crippen molar-refractivity contribution in [2.24, 2.45) is 5.73 Å². The maximum Gasteiger partial charge on any atom is 0.252 e. The molecule has 2 aromatic rings. The number of primary amides is 1. The van der Waals surface area contributed by atoms with Gasteiger partial charge in [0.15, 0.2) is 0 Å². The van der Waals surface area contributed by atoms with Crippen LogP contribution in [0.2, 0.25) is 5.02 Å². The Morgan fingerprint density at radius 2 is 2.14 bits per heavy atom. The summed E-state index contributed by atoms with van der Waals surface area (Å²) in [6, 6.07) is 9.66. The molecule has 2 rings (SSSR count). The highest BCUT2D eigenvalue weighted by atomic mass is 35.5. The van der Waals surface area contributed by atoms with Crippen molar-refractivity contribution in [3.63, 3.8) is 0 Å². The minimum atomic E-state index is -0.656. The number of carbonyl (C=O) groups is 1. The van der Waals surface area contributed by atoms with E-state index in [1.807, 2.05) is 24.3 Å². The number of carbonyl (C=O) groups excluding carboxylic acids is 1. The minimum absolute atomic E-state index is 0.0547. The van der Waals surface area contributed by atoms with Crippen LogP contribution >= 0.6 is 11.6 Å². The fraction of sp³-hybridized carbons (Fsp3) is 0.250. The van der Waals surface area contributed by atoms with Gasteiger partial charge in [-0.25, -0.2) is 0 Å². The summed E-state index contributed by atoms with van der Waals surface area (Å²) in [5, 5.41) is 11.8. The SMILES string of the molecule is CC(C)Nc1cccc(Cn2cc(Cl)cc(C(N)=O)c2=N)c1. The number of amides is 1. The summed E-state index contributed by atoms with van der Waals surface area (Å²) >= 11 is 6.01. The van der Waals surface area contributed by atoms with E-state index >= 15 is 0 Å². The Hall–Kier alpha value is -2.27. The van der Waals surface area contributed by atoms with Gasteiger partial charge < -0.3 is 15.6 Å². The summed E-state index contributed by atoms with van der Waals surface area (Å²) in [4.78, 5) is 11.4. The summed E-state index contributed by atoms with van der Waals surface area (Å²) in [6.45, 7) is 4.58. The van der Waals surface area contributed by atoms with Gasteiger partial charge in [-0.2, -0.15) is 0 Å². The number of nitrogens with one attached hydrogen (secondary N) is 2. The van der Waals surface area contributed by atoms with Gasteiger partial charge in [-0.3, -0.25) is 10.2 Å². The lowest BCUT2D eigenvalue weighted by Gasteiger charge is -2.13. The molecule has 0 aliphatic carbocycles. The third-order valence-corrected chi connectivity index (χ3v) is 3.31. The van der Waals surface area contributed by atoms with Gasteiger partial charge in [0.2, 0.25) is 0 Å². The zero-order valence-corrected chi connectivity index (χ0v) is 13.3. The van der Waals surface area contributed by atoms with Crippen molar-refractivity contribution in [2.45, 2.75) is 26.4 Å². The van der Waals surface area contributed by atoms with Gasteiger partial charge in [0, 0.05) is 24.5 Å². The second-order valence-corrected chi connectivity index (χ2v) is 5.85. The normalized spacial score (nSPS) is 10.7. The molecule has 0 aliphatic heterocycles. The second-order valence-electron chi connectivity index (χ2n) is 5.41. The summed E-state index contributed by atoms with van der Waals surface area (Å²) in [5.41, 5.74) is 7.47. The van der Waals surface area contributed by atoms with Gasteiger partial charge in [0.25, 0.3) is 5.91 Å². The molecular formula is C16H19ClN4O. The Balaban J connectivity index is 2.35. The van der Waals surface area contributed by atoms with Crippen molar-refractivity contribution < 1.29 is 4.79 Å². The van der Waals surface area contributed by atoms with E-state index in [4.69, 9.17) is 22.7 Å². The topological polar surface area (TPSA) is 83.9 Å². The Morgan fingerprint density at radius 3 is 2.77 bits per heavy atom. The predicted octanol–water partition coefficient (Wildman–Crippen LogP) is 2.59. The largest absolute Gasteiger partial charge is 0.383 e. The summed E-state index contributed by atoms with van der Waals surface area (Å²) in [5.74, 6) is -0.656. The molecule has 0 aliphatic rings. The molecule has 1 aromatic heterocycles. The first-order chi connectivity index (χ1) is 10.4. The number of benzene rings is 1. The molecule has 5 nitrogen and oxygen atoms in total. The smallest absolute Gasteiger partial charge is 0.252 e. The van der Waals surface area contributed by atoms with Crippen LogP contribution in [0.15, 0.2) is 36.5 Å². The van der Waals surface area contributed by atoms with Gasteiger partial charge in [0.05, 0.1) is 10.6 Å². The molecule has 116 valence electrons. The van der Waals surface area contributed by atoms with Crippen LogP contribution in [0, 0.1) is 5.41 Å². The summed E-state index contributed by atoms with van der Waals surface area (Å²) in [7, 11) is 0. The number of hydrogen-bond acceptors (Lipinski definition) is 3. The van der Waals surface area contributed by atoms with Crippen LogP contribution in [0.5, 0.6) is 0 Å². The first-order valence-corrected chi connectivity index (χ1v) is 7.34. The average Bonchev–Trinajstić information content (AvgIpc) is 2.42. The number of rotatable bonds is 5. The first kappa shape index (κ1) is 16.1. The van der Waals surface area contributed by atoms with E-state index in [1.165, 1.54) is 6.07 Å². The van der Waals surface area contributed by atoms with Crippen molar-refractivity contribution >= 4 is 23.2 Å². The van der Waals surface area contributed by atoms with Crippen molar-refractivity contribution in [1.29, 1.82) is 5.41 Å². The Bertz CT molecular complexity index is 752. The van der Waals surface area contributed by atoms with Crippen LogP contribution < -0.4 is 16.5 Å². The number of nitrogens with zero attached hydrogens (tertiary/aromatic N) is 1. The number of halogens is 1. The minimum Gasteiger partial charge on any atom is -0.383 e. The molecule has 22 heavy (non-hydrogen) atoms. The van der Waals surface area contributed by atoms with E-state index in [0.29, 0.717) is 17.6 Å². The quantitative estimate of drug-likeness (QED) is 0.791. The van der Waals surface area contributed by atoms with Crippen LogP contribution in [0.1, 0.15) is 29.8 Å². The van der Waals surface area contributed by atoms with Crippen molar-refractivity contribution in [2.75, 3.05) is 5.32 Å². The molecule has 6 heteroatoms. The number of pyridine rings is 1. The third-order valence-electron chi connectivity index (χ3n) is 3.10. The fourth-order valence-corrected chi connectivity index (χ4v) is 2.44. The van der Waals surface area contributed by atoms with E-state index < -0.39 is 5.91 Å². The van der Waals surface area contributed by atoms with Crippen LogP contribution in [-0.2, 0) is 6.54 Å². The Morgan fingerprint density at radius 1 is 1.41 bits per heavy atom. The Kier molecular flexibility index (Phi) is 4.88. The number of aromatic nitrogens is 1. The van der Waals surface area contributed by atoms with E-state index in [1.54, 1.807) is 10.8 Å². The van der Waals surface area contributed by atoms with Gasteiger partial charge in [-0.05, 0) is 37.6 Å². The molecular weight excluding hydrogens is 300 g/mol. The molecule has 0 bridgehead atoms. The molecule has 1 heterocycles. The van der Waals surface area contributed by atoms with Crippen molar-refractivity contribution in [1.82, 2.24) is 4.57 Å². The standard InChI is InChI=1S/C16H19ClN4O/c1-10(2)20-13-5-3-4-11(6-13)8-21-9-12(17)7-14(15(21)18)16(19)22/h3-7,9-10,18,20H,8H2,1-2H3,(H2,19,22). The van der Waals surface area contributed by atoms with Gasteiger partial charge in [-0.15, -0.1) is 0 Å². The molecule has 0 fully saturated rings.